The van der Waals surface area contributed by atoms with Gasteiger partial charge in [-0.2, -0.15) is 0 Å². The van der Waals surface area contributed by atoms with E-state index in [0.29, 0.717) is 12.3 Å². The Morgan fingerprint density at radius 2 is 1.95 bits per heavy atom. The number of para-hydroxylation sites is 1. The van der Waals surface area contributed by atoms with Crippen LogP contribution >= 0.6 is 11.6 Å². The monoisotopic (exact) mass is 276 g/mol. The molecule has 2 aromatic rings. The average molecular weight is 277 g/mol. The van der Waals surface area contributed by atoms with E-state index in [0.717, 1.165) is 11.4 Å². The lowest BCUT2D eigenvalue weighted by Crippen LogP contribution is -2.24. The number of nitrogens with one attached hydrogen (secondary N) is 1. The molecule has 1 heterocycles. The van der Waals surface area contributed by atoms with Crippen LogP contribution in [0.5, 0.6) is 11.5 Å². The van der Waals surface area contributed by atoms with E-state index in [2.05, 4.69) is 10.3 Å². The third-order valence-corrected chi connectivity index (χ3v) is 2.61. The molecular weight excluding hydrogens is 264 g/mol. The number of halogens is 1. The molecule has 0 aliphatic heterocycles. The number of amides is 1. The third kappa shape index (κ3) is 4.26. The fourth-order valence-electron chi connectivity index (χ4n) is 1.44. The first-order chi connectivity index (χ1) is 9.28. The molecule has 0 unspecified atom stereocenters. The second-order valence-corrected chi connectivity index (χ2v) is 4.08. The summed E-state index contributed by atoms with van der Waals surface area (Å²) in [4.78, 5) is 15.2. The van der Waals surface area contributed by atoms with Crippen molar-refractivity contribution in [3.8, 4) is 11.5 Å². The fraction of sp³-hybridized carbons (Fsp3) is 0.143. The quantitative estimate of drug-likeness (QED) is 0.855. The summed E-state index contributed by atoms with van der Waals surface area (Å²) < 4.78 is 5.61. The highest BCUT2D eigenvalue weighted by Gasteiger charge is 2.01. The minimum Gasteiger partial charge on any atom is -0.456 e. The van der Waals surface area contributed by atoms with Gasteiger partial charge in [0.15, 0.2) is 0 Å². The van der Waals surface area contributed by atoms with Crippen molar-refractivity contribution >= 4 is 17.5 Å². The fourth-order valence-corrected chi connectivity index (χ4v) is 1.53. The topological polar surface area (TPSA) is 51.2 Å². The van der Waals surface area contributed by atoms with Gasteiger partial charge in [0.2, 0.25) is 5.91 Å². The van der Waals surface area contributed by atoms with Crippen LogP contribution in [0.2, 0.25) is 0 Å². The predicted molar refractivity (Wildman–Crippen MR) is 73.3 cm³/mol. The smallest absolute Gasteiger partial charge is 0.235 e. The Morgan fingerprint density at radius 1 is 1.16 bits per heavy atom. The lowest BCUT2D eigenvalue weighted by molar-refractivity contribution is -0.118. The molecule has 19 heavy (non-hydrogen) atoms. The van der Waals surface area contributed by atoms with Crippen LogP contribution in [0, 0.1) is 0 Å². The number of aromatic nitrogens is 1. The summed E-state index contributed by atoms with van der Waals surface area (Å²) in [6.07, 6.45) is 1.62. The van der Waals surface area contributed by atoms with Crippen LogP contribution in [-0.4, -0.2) is 16.8 Å². The van der Waals surface area contributed by atoms with E-state index in [1.165, 1.54) is 0 Å². The molecule has 5 heteroatoms. The van der Waals surface area contributed by atoms with Gasteiger partial charge in [0.1, 0.15) is 17.4 Å². The van der Waals surface area contributed by atoms with Crippen molar-refractivity contribution < 1.29 is 9.53 Å². The largest absolute Gasteiger partial charge is 0.456 e. The molecule has 0 saturated carbocycles. The van der Waals surface area contributed by atoms with Crippen molar-refractivity contribution in [3.05, 3.63) is 54.4 Å². The summed E-state index contributed by atoms with van der Waals surface area (Å²) in [5.41, 5.74) is 0.749. The summed E-state index contributed by atoms with van der Waals surface area (Å²) in [5.74, 6) is 1.15. The Bertz CT molecular complexity index is 529. The molecule has 0 radical (unpaired) electrons. The number of alkyl halides is 1. The van der Waals surface area contributed by atoms with Crippen LogP contribution in [0.4, 0.5) is 0 Å². The molecule has 1 aromatic carbocycles. The molecular formula is C14H13ClN2O2. The van der Waals surface area contributed by atoms with Crippen molar-refractivity contribution in [1.29, 1.82) is 0 Å². The maximum atomic E-state index is 11.0. The standard InChI is InChI=1S/C14H13ClN2O2/c15-8-14(18)17-9-11-6-7-13(10-16-11)19-12-4-2-1-3-5-12/h1-7,10H,8-9H2,(H,17,18). The Kier molecular flexibility index (Phi) is 4.75. The highest BCUT2D eigenvalue weighted by atomic mass is 35.5. The van der Waals surface area contributed by atoms with E-state index in [-0.39, 0.29) is 11.8 Å². The molecule has 1 N–H and O–H groups in total. The van der Waals surface area contributed by atoms with Crippen LogP contribution in [0.1, 0.15) is 5.69 Å². The lowest BCUT2D eigenvalue weighted by Gasteiger charge is -2.06. The molecule has 0 spiro atoms. The van der Waals surface area contributed by atoms with E-state index in [9.17, 15) is 4.79 Å². The maximum absolute atomic E-state index is 11.0. The first-order valence-electron chi connectivity index (χ1n) is 5.78. The van der Waals surface area contributed by atoms with Crippen molar-refractivity contribution in [2.45, 2.75) is 6.54 Å². The SMILES string of the molecule is O=C(CCl)NCc1ccc(Oc2ccccc2)cn1. The highest BCUT2D eigenvalue weighted by Crippen LogP contribution is 2.19. The van der Waals surface area contributed by atoms with Gasteiger partial charge in [0.25, 0.3) is 0 Å². The Morgan fingerprint density at radius 3 is 2.58 bits per heavy atom. The zero-order chi connectivity index (χ0) is 13.5. The third-order valence-electron chi connectivity index (χ3n) is 2.36. The second kappa shape index (κ2) is 6.75. The van der Waals surface area contributed by atoms with Gasteiger partial charge in [0.05, 0.1) is 18.4 Å². The molecule has 2 rings (SSSR count). The first kappa shape index (κ1) is 13.4. The summed E-state index contributed by atoms with van der Waals surface area (Å²) >= 11 is 5.38. The highest BCUT2D eigenvalue weighted by molar-refractivity contribution is 6.27. The number of carbonyl (C=O) groups is 1. The van der Waals surface area contributed by atoms with Gasteiger partial charge in [-0.25, -0.2) is 0 Å². The molecule has 1 aromatic heterocycles. The minimum atomic E-state index is -0.215. The van der Waals surface area contributed by atoms with Crippen molar-refractivity contribution in [3.63, 3.8) is 0 Å². The molecule has 0 bridgehead atoms. The number of nitrogens with zero attached hydrogens (tertiary/aromatic N) is 1. The van der Waals surface area contributed by atoms with Crippen LogP contribution < -0.4 is 10.1 Å². The van der Waals surface area contributed by atoms with E-state index in [1.54, 1.807) is 12.3 Å². The second-order valence-electron chi connectivity index (χ2n) is 3.81. The molecule has 0 fully saturated rings. The number of rotatable bonds is 5. The van der Waals surface area contributed by atoms with Gasteiger partial charge in [-0.3, -0.25) is 9.78 Å². The van der Waals surface area contributed by atoms with Gasteiger partial charge in [-0.15, -0.1) is 11.6 Å². The van der Waals surface area contributed by atoms with Gasteiger partial charge in [-0.1, -0.05) is 18.2 Å². The number of benzene rings is 1. The molecule has 1 amide bonds. The number of hydrogen-bond acceptors (Lipinski definition) is 3. The number of ether oxygens (including phenoxy) is 1. The normalized spacial score (nSPS) is 9.95. The number of hydrogen-bond donors (Lipinski definition) is 1. The van der Waals surface area contributed by atoms with E-state index < -0.39 is 0 Å². The number of carbonyl (C=O) groups excluding carboxylic acids is 1. The van der Waals surface area contributed by atoms with E-state index >= 15 is 0 Å². The van der Waals surface area contributed by atoms with E-state index in [4.69, 9.17) is 16.3 Å². The zero-order valence-electron chi connectivity index (χ0n) is 10.2. The van der Waals surface area contributed by atoms with Crippen molar-refractivity contribution in [1.82, 2.24) is 10.3 Å². The first-order valence-corrected chi connectivity index (χ1v) is 6.32. The van der Waals surface area contributed by atoms with Gasteiger partial charge in [0, 0.05) is 0 Å². The van der Waals surface area contributed by atoms with Crippen LogP contribution in [0.15, 0.2) is 48.7 Å². The Balaban J connectivity index is 1.93. The number of pyridine rings is 1. The van der Waals surface area contributed by atoms with Crippen LogP contribution in [-0.2, 0) is 11.3 Å². The molecule has 4 nitrogen and oxygen atoms in total. The molecule has 98 valence electrons. The van der Waals surface area contributed by atoms with Gasteiger partial charge in [-0.05, 0) is 24.3 Å². The van der Waals surface area contributed by atoms with Crippen molar-refractivity contribution in [2.24, 2.45) is 0 Å². The lowest BCUT2D eigenvalue weighted by atomic mass is 10.3. The van der Waals surface area contributed by atoms with Gasteiger partial charge >= 0.3 is 0 Å². The summed E-state index contributed by atoms with van der Waals surface area (Å²) in [6.45, 7) is 0.358. The molecule has 0 atom stereocenters. The zero-order valence-corrected chi connectivity index (χ0v) is 10.9. The Hall–Kier alpha value is -2.07. The van der Waals surface area contributed by atoms with Crippen LogP contribution in [0.25, 0.3) is 0 Å². The van der Waals surface area contributed by atoms with Crippen LogP contribution in [0.3, 0.4) is 0 Å². The summed E-state index contributed by atoms with van der Waals surface area (Å²) in [5, 5.41) is 2.64. The van der Waals surface area contributed by atoms with Gasteiger partial charge < -0.3 is 10.1 Å². The summed E-state index contributed by atoms with van der Waals surface area (Å²) in [6, 6.07) is 13.1. The van der Waals surface area contributed by atoms with Crippen molar-refractivity contribution in [2.75, 3.05) is 5.88 Å². The maximum Gasteiger partial charge on any atom is 0.235 e. The molecule has 0 aliphatic carbocycles. The average Bonchev–Trinajstić information content (AvgIpc) is 2.47. The summed E-state index contributed by atoms with van der Waals surface area (Å²) in [7, 11) is 0. The predicted octanol–water partition coefficient (Wildman–Crippen LogP) is 2.73. The Labute approximate surface area is 116 Å². The molecule has 0 aliphatic rings. The molecule has 0 saturated heterocycles. The van der Waals surface area contributed by atoms with E-state index in [1.807, 2.05) is 36.4 Å². The minimum absolute atomic E-state index is 0.0464.